The predicted molar refractivity (Wildman–Crippen MR) is 214 cm³/mol. The summed E-state index contributed by atoms with van der Waals surface area (Å²) in [5, 5.41) is 54.9. The predicted octanol–water partition coefficient (Wildman–Crippen LogP) is 6.13. The largest absolute Gasteiger partial charge is 0.397 e. The number of rotatable bonds is 34. The molecule has 1 amide bonds. The lowest BCUT2D eigenvalue weighted by atomic mass is 9.99. The van der Waals surface area contributed by atoms with Crippen molar-refractivity contribution in [3.05, 3.63) is 36.5 Å². The maximum absolute atomic E-state index is 13.0. The van der Waals surface area contributed by atoms with Gasteiger partial charge in [0.05, 0.1) is 25.4 Å². The zero-order valence-corrected chi connectivity index (χ0v) is 34.4. The molecule has 0 saturated carbocycles. The fourth-order valence-electron chi connectivity index (χ4n) is 6.34. The minimum absolute atomic E-state index is 0.221. The van der Waals surface area contributed by atoms with Crippen LogP contribution in [0, 0.1) is 0 Å². The lowest BCUT2D eigenvalue weighted by molar-refractivity contribution is -0.298. The minimum Gasteiger partial charge on any atom is -0.394 e. The molecule has 1 aliphatic rings. The zero-order valence-electron chi connectivity index (χ0n) is 33.6. The van der Waals surface area contributed by atoms with Gasteiger partial charge in [-0.3, -0.25) is 9.35 Å². The van der Waals surface area contributed by atoms with E-state index in [-0.39, 0.29) is 6.42 Å². The Kier molecular flexibility index (Phi) is 30.1. The molecule has 322 valence electrons. The van der Waals surface area contributed by atoms with E-state index in [1.807, 2.05) is 0 Å². The number of carbonyl (C=O) groups excluding carboxylic acids is 1. The highest BCUT2D eigenvalue weighted by atomic mass is 32.3. The van der Waals surface area contributed by atoms with Gasteiger partial charge in [-0.15, -0.1) is 0 Å². The summed E-state index contributed by atoms with van der Waals surface area (Å²) >= 11 is 0. The Balaban J connectivity index is 2.69. The van der Waals surface area contributed by atoms with Crippen molar-refractivity contribution < 1.29 is 57.0 Å². The van der Waals surface area contributed by atoms with Crippen LogP contribution < -0.4 is 5.32 Å². The van der Waals surface area contributed by atoms with Crippen LogP contribution in [0.5, 0.6) is 0 Å². The topological polar surface area (TPSA) is 212 Å². The van der Waals surface area contributed by atoms with E-state index in [0.717, 1.165) is 51.4 Å². The van der Waals surface area contributed by atoms with Crippen LogP contribution in [0.3, 0.4) is 0 Å². The second-order valence-corrected chi connectivity index (χ2v) is 15.8. The summed E-state index contributed by atoms with van der Waals surface area (Å²) in [7, 11) is -5.12. The Morgan fingerprint density at radius 1 is 0.727 bits per heavy atom. The first-order valence-corrected chi connectivity index (χ1v) is 22.3. The maximum atomic E-state index is 13.0. The van der Waals surface area contributed by atoms with Gasteiger partial charge in [-0.2, -0.15) is 8.42 Å². The van der Waals surface area contributed by atoms with E-state index in [9.17, 15) is 38.7 Å². The van der Waals surface area contributed by atoms with Gasteiger partial charge in [0, 0.05) is 0 Å². The van der Waals surface area contributed by atoms with Gasteiger partial charge in [0.15, 0.2) is 6.29 Å². The summed E-state index contributed by atoms with van der Waals surface area (Å²) in [6.45, 7) is 3.11. The third-order valence-corrected chi connectivity index (χ3v) is 10.2. The number of unbranched alkanes of at least 4 members (excludes halogenated alkanes) is 17. The maximum Gasteiger partial charge on any atom is 0.397 e. The highest BCUT2D eigenvalue weighted by Gasteiger charge is 2.48. The first kappa shape index (κ1) is 51.3. The lowest BCUT2D eigenvalue weighted by Crippen LogP contribution is -2.61. The number of carbonyl (C=O) groups is 1. The fourth-order valence-corrected chi connectivity index (χ4v) is 6.85. The first-order chi connectivity index (χ1) is 26.4. The molecule has 14 heteroatoms. The summed E-state index contributed by atoms with van der Waals surface area (Å²) in [6, 6.07) is -1.14. The first-order valence-electron chi connectivity index (χ1n) is 21.0. The quantitative estimate of drug-likeness (QED) is 0.0223. The third kappa shape index (κ3) is 25.3. The second-order valence-electron chi connectivity index (χ2n) is 14.7. The van der Waals surface area contributed by atoms with Crippen molar-refractivity contribution in [3.8, 4) is 0 Å². The van der Waals surface area contributed by atoms with Crippen LogP contribution in [-0.4, -0.2) is 107 Å². The molecular formula is C41H75NO12S. The molecule has 0 aliphatic carbocycles. The van der Waals surface area contributed by atoms with E-state index >= 15 is 0 Å². The molecule has 1 aliphatic heterocycles. The standard InChI is InChI=1S/C41H75NO12S/c1-3-5-7-9-11-13-15-16-17-18-19-20-22-23-25-27-29-34(44)33(42-40(48)35(45)30-28-26-24-21-14-12-10-8-6-4-2)32-52-41-38(47)39(54-55(49,50)51)37(46)36(31-43)53-41/h10,12,20,22,27,29,33-39,41,43-47H,3-9,11,13-19,21,23-26,28,30-32H2,1-2H3,(H,42,48)(H,49,50,51)/b12-10-,22-20+,29-27+. The van der Waals surface area contributed by atoms with Gasteiger partial charge in [0.1, 0.15) is 30.5 Å². The van der Waals surface area contributed by atoms with Gasteiger partial charge >= 0.3 is 10.4 Å². The summed E-state index contributed by atoms with van der Waals surface area (Å²) < 4.78 is 47.3. The second kappa shape index (κ2) is 32.3. The summed E-state index contributed by atoms with van der Waals surface area (Å²) in [5.41, 5.74) is 0. The Morgan fingerprint density at radius 2 is 1.24 bits per heavy atom. The van der Waals surface area contributed by atoms with Crippen LogP contribution in [-0.2, 0) is 28.9 Å². The molecule has 0 aromatic carbocycles. The van der Waals surface area contributed by atoms with E-state index in [1.165, 1.54) is 76.7 Å². The Labute approximate surface area is 331 Å². The van der Waals surface area contributed by atoms with Gasteiger partial charge in [0.2, 0.25) is 5.91 Å². The normalized spacial score (nSPS) is 22.5. The van der Waals surface area contributed by atoms with Crippen molar-refractivity contribution in [2.45, 2.75) is 204 Å². The number of aliphatic hydroxyl groups excluding tert-OH is 5. The average molecular weight is 806 g/mol. The van der Waals surface area contributed by atoms with Gasteiger partial charge < -0.3 is 40.3 Å². The molecule has 8 atom stereocenters. The molecule has 0 radical (unpaired) electrons. The van der Waals surface area contributed by atoms with Crippen molar-refractivity contribution >= 4 is 16.3 Å². The smallest absolute Gasteiger partial charge is 0.394 e. The summed E-state index contributed by atoms with van der Waals surface area (Å²) in [5.74, 6) is -0.726. The molecule has 7 N–H and O–H groups in total. The number of hydrogen-bond donors (Lipinski definition) is 7. The van der Waals surface area contributed by atoms with Crippen LogP contribution in [0.4, 0.5) is 0 Å². The molecule has 1 heterocycles. The van der Waals surface area contributed by atoms with E-state index < -0.39 is 78.5 Å². The molecule has 8 unspecified atom stereocenters. The van der Waals surface area contributed by atoms with E-state index in [2.05, 4.69) is 47.7 Å². The van der Waals surface area contributed by atoms with Crippen molar-refractivity contribution in [1.29, 1.82) is 0 Å². The Bertz CT molecular complexity index is 1150. The number of amides is 1. The number of ether oxygens (including phenoxy) is 2. The van der Waals surface area contributed by atoms with Crippen LogP contribution in [0.15, 0.2) is 36.5 Å². The molecule has 1 rings (SSSR count). The van der Waals surface area contributed by atoms with E-state index in [1.54, 1.807) is 6.08 Å². The summed E-state index contributed by atoms with van der Waals surface area (Å²) in [6.07, 6.45) is 23.9. The van der Waals surface area contributed by atoms with Gasteiger partial charge in [-0.1, -0.05) is 140 Å². The lowest BCUT2D eigenvalue weighted by Gasteiger charge is -2.41. The number of nitrogens with one attached hydrogen (secondary N) is 1. The fraction of sp³-hybridized carbons (Fsp3) is 0.829. The monoisotopic (exact) mass is 806 g/mol. The zero-order chi connectivity index (χ0) is 40.7. The van der Waals surface area contributed by atoms with Crippen molar-refractivity contribution in [2.24, 2.45) is 0 Å². The van der Waals surface area contributed by atoms with Crippen LogP contribution in [0.25, 0.3) is 0 Å². The van der Waals surface area contributed by atoms with E-state index in [0.29, 0.717) is 12.8 Å². The van der Waals surface area contributed by atoms with Crippen LogP contribution in [0.1, 0.15) is 155 Å². The molecule has 0 aromatic rings. The van der Waals surface area contributed by atoms with Crippen molar-refractivity contribution in [3.63, 3.8) is 0 Å². The molecule has 0 bridgehead atoms. The SMILES string of the molecule is CCCC/C=C\CCCCCCC(O)C(=O)NC(COC1OC(CO)C(O)C(OS(=O)(=O)O)C1O)C(O)/C=C/CC/C=C/CCCCCCCCCCCC. The van der Waals surface area contributed by atoms with E-state index in [4.69, 9.17) is 14.0 Å². The Hall–Kier alpha value is -1.72. The molecule has 55 heavy (non-hydrogen) atoms. The third-order valence-electron chi connectivity index (χ3n) is 9.75. The van der Waals surface area contributed by atoms with Crippen LogP contribution >= 0.6 is 0 Å². The highest BCUT2D eigenvalue weighted by Crippen LogP contribution is 2.26. The number of allylic oxidation sites excluding steroid dienone is 5. The minimum atomic E-state index is -5.12. The highest BCUT2D eigenvalue weighted by molar-refractivity contribution is 7.80. The van der Waals surface area contributed by atoms with Crippen molar-refractivity contribution in [1.82, 2.24) is 5.32 Å². The average Bonchev–Trinajstić information content (AvgIpc) is 3.15. The molecule has 13 nitrogen and oxygen atoms in total. The van der Waals surface area contributed by atoms with Crippen LogP contribution in [0.2, 0.25) is 0 Å². The van der Waals surface area contributed by atoms with Gasteiger partial charge in [0.25, 0.3) is 0 Å². The Morgan fingerprint density at radius 3 is 1.80 bits per heavy atom. The molecule has 0 aromatic heterocycles. The molecule has 0 spiro atoms. The number of aliphatic hydroxyl groups is 5. The molecule has 1 fully saturated rings. The van der Waals surface area contributed by atoms with Gasteiger partial charge in [-0.25, -0.2) is 4.18 Å². The summed E-state index contributed by atoms with van der Waals surface area (Å²) in [4.78, 5) is 13.0. The molecular weight excluding hydrogens is 731 g/mol. The van der Waals surface area contributed by atoms with Gasteiger partial charge in [-0.05, 0) is 51.4 Å². The number of hydrogen-bond acceptors (Lipinski definition) is 11. The van der Waals surface area contributed by atoms with Crippen molar-refractivity contribution in [2.75, 3.05) is 13.2 Å². The molecule has 1 saturated heterocycles.